The van der Waals surface area contributed by atoms with E-state index in [4.69, 9.17) is 2.96 Å². The van der Waals surface area contributed by atoms with Crippen LogP contribution in [0.2, 0.25) is 0 Å². The van der Waals surface area contributed by atoms with Gasteiger partial charge in [-0.1, -0.05) is 0 Å². The van der Waals surface area contributed by atoms with Crippen molar-refractivity contribution in [2.45, 2.75) is 0 Å². The van der Waals surface area contributed by atoms with Crippen LogP contribution in [-0.4, -0.2) is 39.6 Å². The molecule has 0 amide bonds. The molecule has 1 aliphatic rings. The van der Waals surface area contributed by atoms with Crippen molar-refractivity contribution < 1.29 is 2.96 Å². The molecule has 1 rings (SSSR count). The molecule has 0 aromatic heterocycles. The third-order valence-electron chi connectivity index (χ3n) is 0.347. The Labute approximate surface area is 47.1 Å². The van der Waals surface area contributed by atoms with E-state index in [0.717, 1.165) is 0 Å². The monoisotopic (exact) mass is 273 g/mol. The molecule has 22 valence electrons. The van der Waals surface area contributed by atoms with Crippen LogP contribution in [0.3, 0.4) is 0 Å². The SMILES string of the molecule is [CH]1=N[O][In]=[In]1. The first kappa shape index (κ1) is 4.37. The van der Waals surface area contributed by atoms with Gasteiger partial charge in [0.05, 0.1) is 0 Å². The predicted octanol–water partition coefficient (Wildman–Crippen LogP) is -0.802. The Morgan fingerprint density at radius 3 is 3.00 bits per heavy atom. The number of hydrogen-bond donors (Lipinski definition) is 0. The van der Waals surface area contributed by atoms with E-state index in [1.165, 1.54) is 0 Å². The molecule has 0 saturated carbocycles. The van der Waals surface area contributed by atoms with Crippen molar-refractivity contribution in [3.8, 4) is 0 Å². The van der Waals surface area contributed by atoms with Crippen LogP contribution in [-0.2, 0) is 2.96 Å². The van der Waals surface area contributed by atoms with Crippen molar-refractivity contribution in [2.24, 2.45) is 5.16 Å². The van der Waals surface area contributed by atoms with Crippen LogP contribution in [0.25, 0.3) is 0 Å². The Morgan fingerprint density at radius 2 is 2.80 bits per heavy atom. The van der Waals surface area contributed by atoms with E-state index in [9.17, 15) is 0 Å². The summed E-state index contributed by atoms with van der Waals surface area (Å²) in [5, 5.41) is 3.63. The summed E-state index contributed by atoms with van der Waals surface area (Å²) in [7, 11) is 0. The van der Waals surface area contributed by atoms with E-state index < -0.39 is 0 Å². The van der Waals surface area contributed by atoms with Crippen molar-refractivity contribution in [2.75, 3.05) is 0 Å². The quantitative estimate of drug-likeness (QED) is 0.566. The van der Waals surface area contributed by atoms with Gasteiger partial charge >= 0.3 is 47.7 Å². The molecule has 5 heavy (non-hydrogen) atoms. The average molecular weight is 273 g/mol. The van der Waals surface area contributed by atoms with Crippen LogP contribution in [0.4, 0.5) is 0 Å². The zero-order valence-corrected chi connectivity index (χ0v) is 9.18. The minimum absolute atomic E-state index is 0.133. The Hall–Kier alpha value is 1.21. The maximum atomic E-state index is 4.79. The van der Waals surface area contributed by atoms with Gasteiger partial charge in [0.25, 0.3) is 0 Å². The van der Waals surface area contributed by atoms with Gasteiger partial charge in [-0.3, -0.25) is 0 Å². The van der Waals surface area contributed by atoms with E-state index in [2.05, 4.69) is 5.16 Å². The number of nitrogens with zero attached hydrogens (tertiary/aromatic N) is 1. The van der Waals surface area contributed by atoms with Crippen molar-refractivity contribution in [3.05, 3.63) is 0 Å². The summed E-state index contributed by atoms with van der Waals surface area (Å²) in [6.45, 7) is 0. The van der Waals surface area contributed by atoms with Crippen LogP contribution >= 0.6 is 0 Å². The van der Waals surface area contributed by atoms with E-state index in [0.29, 0.717) is 0 Å². The second kappa shape index (κ2) is 2.39. The van der Waals surface area contributed by atoms with Crippen LogP contribution in [0, 0.1) is 0 Å². The number of oxime groups is 1. The molecule has 0 saturated heterocycles. The van der Waals surface area contributed by atoms with E-state index >= 15 is 0 Å². The minimum atomic E-state index is -0.341. The summed E-state index contributed by atoms with van der Waals surface area (Å²) < 4.78 is 6.83. The van der Waals surface area contributed by atoms with Gasteiger partial charge in [-0.2, -0.15) is 0 Å². The van der Waals surface area contributed by atoms with Crippen molar-refractivity contribution >= 4 is 39.6 Å². The summed E-state index contributed by atoms with van der Waals surface area (Å²) in [5.74, 6) is 0. The molecule has 0 radical (unpaired) electrons. The van der Waals surface area contributed by atoms with Gasteiger partial charge in [0, 0.05) is 0 Å². The second-order valence-corrected chi connectivity index (χ2v) is 16.6. The predicted molar refractivity (Wildman–Crippen MR) is 21.1 cm³/mol. The standard InChI is InChI=1S/CH2NO.2In/c1-2-3;;/h1,3H;;/q;;+1/p-1. The second-order valence-electron chi connectivity index (χ2n) is 0.688. The van der Waals surface area contributed by atoms with E-state index in [1.807, 2.05) is 3.97 Å². The van der Waals surface area contributed by atoms with Gasteiger partial charge in [-0.25, -0.2) is 0 Å². The van der Waals surface area contributed by atoms with Crippen LogP contribution < -0.4 is 0 Å². The normalized spacial score (nSPS) is 12.8. The topological polar surface area (TPSA) is 21.6 Å². The molecular weight excluding hydrogens is 272 g/mol. The number of hydrogen-bond acceptors (Lipinski definition) is 2. The average Bonchev–Trinajstić information content (AvgIpc) is 1.76. The number of rotatable bonds is 0. The van der Waals surface area contributed by atoms with Crippen molar-refractivity contribution in [1.29, 1.82) is 0 Å². The molecule has 2 nitrogen and oxygen atoms in total. The summed E-state index contributed by atoms with van der Waals surface area (Å²) in [6, 6.07) is 0. The third-order valence-corrected chi connectivity index (χ3v) is 11.0. The molecule has 0 unspecified atom stereocenters. The van der Waals surface area contributed by atoms with Gasteiger partial charge in [0.15, 0.2) is 0 Å². The van der Waals surface area contributed by atoms with Crippen molar-refractivity contribution in [3.63, 3.8) is 0 Å². The molecule has 0 aromatic rings. The first-order valence-electron chi connectivity index (χ1n) is 1.34. The van der Waals surface area contributed by atoms with Crippen LogP contribution in [0.5, 0.6) is 0 Å². The summed E-state index contributed by atoms with van der Waals surface area (Å²) >= 11 is -0.474. The molecule has 0 aliphatic carbocycles. The molecule has 0 fully saturated rings. The van der Waals surface area contributed by atoms with Gasteiger partial charge in [0.2, 0.25) is 0 Å². The molecule has 1 aliphatic heterocycles. The molecule has 0 atom stereocenters. The third kappa shape index (κ3) is 1.39. The molecule has 4 heteroatoms. The Kier molecular flexibility index (Phi) is 2.09. The first-order chi connectivity index (χ1) is 2.50. The summed E-state index contributed by atoms with van der Waals surface area (Å²) in [4.78, 5) is 0. The van der Waals surface area contributed by atoms with E-state index in [1.54, 1.807) is 0 Å². The van der Waals surface area contributed by atoms with Gasteiger partial charge in [-0.15, -0.1) is 0 Å². The first-order valence-corrected chi connectivity index (χ1v) is 19.3. The van der Waals surface area contributed by atoms with Crippen molar-refractivity contribution in [1.82, 2.24) is 0 Å². The molecule has 0 aromatic carbocycles. The Bertz CT molecular complexity index is 67.7. The Morgan fingerprint density at radius 1 is 1.80 bits per heavy atom. The van der Waals surface area contributed by atoms with Gasteiger partial charge in [-0.05, 0) is 0 Å². The maximum absolute atomic E-state index is 4.79. The molecule has 0 spiro atoms. The summed E-state index contributed by atoms with van der Waals surface area (Å²) in [5.41, 5.74) is 0. The molecule has 0 bridgehead atoms. The zero-order valence-electron chi connectivity index (χ0n) is 2.59. The Balaban J connectivity index is 2.61. The fourth-order valence-corrected chi connectivity index (χ4v) is 7.91. The van der Waals surface area contributed by atoms with Gasteiger partial charge in [0.1, 0.15) is 0 Å². The summed E-state index contributed by atoms with van der Waals surface area (Å²) in [6.07, 6.45) is 0. The molecule has 0 N–H and O–H groups in total. The van der Waals surface area contributed by atoms with Crippen LogP contribution in [0.1, 0.15) is 0 Å². The van der Waals surface area contributed by atoms with Gasteiger partial charge < -0.3 is 0 Å². The molecule has 1 heterocycles. The fraction of sp³-hybridized carbons (Fsp3) is 0. The van der Waals surface area contributed by atoms with E-state index in [-0.39, 0.29) is 35.6 Å². The fourth-order valence-electron chi connectivity index (χ4n) is 0.176. The molecular formula is CHIn2NO. The zero-order chi connectivity index (χ0) is 3.54. The van der Waals surface area contributed by atoms with Crippen LogP contribution in [0.15, 0.2) is 5.16 Å².